The molecule has 0 aliphatic carbocycles. The lowest BCUT2D eigenvalue weighted by atomic mass is 10.0. The Morgan fingerprint density at radius 2 is 2.03 bits per heavy atom. The highest BCUT2D eigenvalue weighted by Gasteiger charge is 2.27. The van der Waals surface area contributed by atoms with Gasteiger partial charge in [0.1, 0.15) is 5.56 Å². The minimum absolute atomic E-state index is 0.0394. The third-order valence-corrected chi connectivity index (χ3v) is 6.83. The zero-order chi connectivity index (χ0) is 21.2. The number of aryl methyl sites for hydroxylation is 1. The second-order valence-corrected chi connectivity index (χ2v) is 9.16. The number of benzene rings is 2. The number of nitrogens with zero attached hydrogens (tertiary/aromatic N) is 2. The molecule has 3 rings (SSSR count). The molecular formula is C19H20ClN3O5S. The van der Waals surface area contributed by atoms with E-state index in [4.69, 9.17) is 11.6 Å². The first-order chi connectivity index (χ1) is 13.7. The van der Waals surface area contributed by atoms with Crippen LogP contribution in [0.25, 0.3) is 0 Å². The topological polar surface area (TPSA) is 110 Å². The SMILES string of the molecule is CCCS(=O)(=O)N1CCCc2ccc(NC(=O)c3cc(Cl)ccc3[N+](=O)[O-])cc21. The molecule has 2 aromatic rings. The molecule has 1 aliphatic heterocycles. The van der Waals surface area contributed by atoms with Gasteiger partial charge >= 0.3 is 0 Å². The molecule has 0 saturated heterocycles. The molecule has 2 aromatic carbocycles. The van der Waals surface area contributed by atoms with E-state index >= 15 is 0 Å². The van der Waals surface area contributed by atoms with Crippen molar-refractivity contribution < 1.29 is 18.1 Å². The van der Waals surface area contributed by atoms with Crippen LogP contribution < -0.4 is 9.62 Å². The minimum atomic E-state index is -3.45. The summed E-state index contributed by atoms with van der Waals surface area (Å²) in [5.74, 6) is -0.657. The van der Waals surface area contributed by atoms with Crippen molar-refractivity contribution in [2.75, 3.05) is 21.9 Å². The van der Waals surface area contributed by atoms with Crippen LogP contribution in [0.5, 0.6) is 0 Å². The highest BCUT2D eigenvalue weighted by Crippen LogP contribution is 2.33. The monoisotopic (exact) mass is 437 g/mol. The van der Waals surface area contributed by atoms with Crippen LogP contribution in [0.15, 0.2) is 36.4 Å². The molecule has 10 heteroatoms. The van der Waals surface area contributed by atoms with Crippen LogP contribution in [0.2, 0.25) is 5.02 Å². The van der Waals surface area contributed by atoms with Gasteiger partial charge in [-0.05, 0) is 49.1 Å². The average molecular weight is 438 g/mol. The van der Waals surface area contributed by atoms with E-state index in [2.05, 4.69) is 5.32 Å². The molecule has 0 atom stereocenters. The predicted molar refractivity (Wildman–Crippen MR) is 112 cm³/mol. The number of halogens is 1. The van der Waals surface area contributed by atoms with Gasteiger partial charge < -0.3 is 5.32 Å². The standard InChI is InChI=1S/C19H20ClN3O5S/c1-2-10-29(27,28)22-9-3-4-13-5-7-15(12-18(13)22)21-19(24)16-11-14(20)6-8-17(16)23(25)26/h5-8,11-12H,2-4,9-10H2,1H3,(H,21,24). The minimum Gasteiger partial charge on any atom is -0.322 e. The van der Waals surface area contributed by atoms with Crippen molar-refractivity contribution >= 4 is 44.6 Å². The van der Waals surface area contributed by atoms with Gasteiger partial charge in [0.25, 0.3) is 11.6 Å². The molecule has 0 aromatic heterocycles. The molecule has 0 radical (unpaired) electrons. The Labute approximate surface area is 173 Å². The lowest BCUT2D eigenvalue weighted by Crippen LogP contribution is -2.37. The summed E-state index contributed by atoms with van der Waals surface area (Å²) in [6.45, 7) is 2.18. The number of carbonyl (C=O) groups excluding carboxylic acids is 1. The summed E-state index contributed by atoms with van der Waals surface area (Å²) in [7, 11) is -3.45. The lowest BCUT2D eigenvalue weighted by Gasteiger charge is -2.31. The Hall–Kier alpha value is -2.65. The third-order valence-electron chi connectivity index (χ3n) is 4.62. The molecule has 0 unspecified atom stereocenters. The molecule has 1 amide bonds. The number of rotatable bonds is 6. The van der Waals surface area contributed by atoms with Crippen molar-refractivity contribution in [2.45, 2.75) is 26.2 Å². The van der Waals surface area contributed by atoms with Crippen molar-refractivity contribution in [3.8, 4) is 0 Å². The number of hydrogen-bond donors (Lipinski definition) is 1. The van der Waals surface area contributed by atoms with Gasteiger partial charge in [-0.3, -0.25) is 19.2 Å². The summed E-state index contributed by atoms with van der Waals surface area (Å²) in [5, 5.41) is 14.0. The van der Waals surface area contributed by atoms with E-state index in [0.29, 0.717) is 24.3 Å². The maximum Gasteiger partial charge on any atom is 0.282 e. The molecule has 0 bridgehead atoms. The van der Waals surface area contributed by atoms with E-state index in [0.717, 1.165) is 18.4 Å². The Morgan fingerprint density at radius 1 is 1.28 bits per heavy atom. The zero-order valence-corrected chi connectivity index (χ0v) is 17.3. The van der Waals surface area contributed by atoms with Gasteiger partial charge in [-0.2, -0.15) is 0 Å². The lowest BCUT2D eigenvalue weighted by molar-refractivity contribution is -0.385. The molecule has 1 aliphatic rings. The molecular weight excluding hydrogens is 418 g/mol. The van der Waals surface area contributed by atoms with Crippen molar-refractivity contribution in [3.05, 3.63) is 62.7 Å². The largest absolute Gasteiger partial charge is 0.322 e. The third kappa shape index (κ3) is 4.51. The van der Waals surface area contributed by atoms with Crippen LogP contribution in [0.4, 0.5) is 17.1 Å². The zero-order valence-electron chi connectivity index (χ0n) is 15.7. The Morgan fingerprint density at radius 3 is 2.72 bits per heavy atom. The van der Waals surface area contributed by atoms with Crippen LogP contribution in [-0.2, 0) is 16.4 Å². The summed E-state index contributed by atoms with van der Waals surface area (Å²) in [5.41, 5.74) is 1.22. The van der Waals surface area contributed by atoms with Gasteiger partial charge in [0.05, 0.1) is 16.4 Å². The summed E-state index contributed by atoms with van der Waals surface area (Å²) in [6.07, 6.45) is 1.96. The fourth-order valence-corrected chi connectivity index (χ4v) is 5.11. The van der Waals surface area contributed by atoms with E-state index in [9.17, 15) is 23.3 Å². The molecule has 1 heterocycles. The average Bonchev–Trinajstić information content (AvgIpc) is 2.67. The number of anilines is 2. The summed E-state index contributed by atoms with van der Waals surface area (Å²) >= 11 is 5.89. The second-order valence-electron chi connectivity index (χ2n) is 6.71. The molecule has 29 heavy (non-hydrogen) atoms. The van der Waals surface area contributed by atoms with E-state index in [1.807, 2.05) is 0 Å². The van der Waals surface area contributed by atoms with Crippen molar-refractivity contribution in [2.24, 2.45) is 0 Å². The summed E-state index contributed by atoms with van der Waals surface area (Å²) < 4.78 is 26.6. The van der Waals surface area contributed by atoms with E-state index in [1.165, 1.54) is 22.5 Å². The molecule has 0 spiro atoms. The Bertz CT molecular complexity index is 1070. The number of amides is 1. The second kappa shape index (κ2) is 8.38. The van der Waals surface area contributed by atoms with E-state index in [-0.39, 0.29) is 22.0 Å². The van der Waals surface area contributed by atoms with Crippen molar-refractivity contribution in [3.63, 3.8) is 0 Å². The van der Waals surface area contributed by atoms with Crippen LogP contribution in [0.3, 0.4) is 0 Å². The summed E-state index contributed by atoms with van der Waals surface area (Å²) in [6, 6.07) is 8.75. The Kier molecular flexibility index (Phi) is 6.09. The fourth-order valence-electron chi connectivity index (χ4n) is 3.32. The van der Waals surface area contributed by atoms with E-state index < -0.39 is 20.9 Å². The number of nitro benzene ring substituents is 1. The maximum absolute atomic E-state index is 12.6. The van der Waals surface area contributed by atoms with Gasteiger partial charge in [-0.1, -0.05) is 24.6 Å². The normalized spacial score (nSPS) is 13.7. The molecule has 154 valence electrons. The smallest absolute Gasteiger partial charge is 0.282 e. The van der Waals surface area contributed by atoms with Gasteiger partial charge in [-0.15, -0.1) is 0 Å². The first kappa shape index (κ1) is 21.1. The molecule has 8 nitrogen and oxygen atoms in total. The van der Waals surface area contributed by atoms with Crippen LogP contribution in [-0.4, -0.2) is 31.5 Å². The van der Waals surface area contributed by atoms with Gasteiger partial charge in [0, 0.05) is 23.3 Å². The summed E-state index contributed by atoms with van der Waals surface area (Å²) in [4.78, 5) is 23.2. The number of carbonyl (C=O) groups is 1. The maximum atomic E-state index is 12.6. The fraction of sp³-hybridized carbons (Fsp3) is 0.316. The number of nitrogens with one attached hydrogen (secondary N) is 1. The van der Waals surface area contributed by atoms with Gasteiger partial charge in [0.2, 0.25) is 10.0 Å². The first-order valence-corrected chi connectivity index (χ1v) is 11.1. The Balaban J connectivity index is 1.94. The number of hydrogen-bond acceptors (Lipinski definition) is 5. The number of fused-ring (bicyclic) bond motifs is 1. The van der Waals surface area contributed by atoms with Crippen LogP contribution in [0, 0.1) is 10.1 Å². The van der Waals surface area contributed by atoms with Crippen molar-refractivity contribution in [1.82, 2.24) is 0 Å². The molecule has 0 fully saturated rings. The highest BCUT2D eigenvalue weighted by atomic mass is 35.5. The molecule has 1 N–H and O–H groups in total. The first-order valence-electron chi connectivity index (χ1n) is 9.11. The predicted octanol–water partition coefficient (Wildman–Crippen LogP) is 3.99. The highest BCUT2D eigenvalue weighted by molar-refractivity contribution is 7.92. The quantitative estimate of drug-likeness (QED) is 0.542. The van der Waals surface area contributed by atoms with Crippen LogP contribution in [0.1, 0.15) is 35.7 Å². The van der Waals surface area contributed by atoms with Crippen molar-refractivity contribution in [1.29, 1.82) is 0 Å². The van der Waals surface area contributed by atoms with Gasteiger partial charge in [0.15, 0.2) is 0 Å². The van der Waals surface area contributed by atoms with E-state index in [1.54, 1.807) is 25.1 Å². The molecule has 0 saturated carbocycles. The number of sulfonamides is 1. The number of nitro groups is 1. The van der Waals surface area contributed by atoms with Gasteiger partial charge in [-0.25, -0.2) is 8.42 Å². The van der Waals surface area contributed by atoms with Crippen LogP contribution >= 0.6 is 11.6 Å².